The standard InChI is InChI=1S/C23H28F3N5O/c24-23(25,26)18-8-14(11-28-22(18)27)19-12-31(20(29-19)7-13-1-2-13)21-16-9-15(10-17(16)21)30-3-5-32-6-4-30/h8,11-13,15-17,21H,1-7,9-10H2,(H2,27,28). The van der Waals surface area contributed by atoms with E-state index >= 15 is 0 Å². The number of pyridine rings is 1. The number of anilines is 1. The lowest BCUT2D eigenvalue weighted by Crippen LogP contribution is -2.43. The lowest BCUT2D eigenvalue weighted by molar-refractivity contribution is -0.137. The summed E-state index contributed by atoms with van der Waals surface area (Å²) >= 11 is 0. The lowest BCUT2D eigenvalue weighted by Gasteiger charge is -2.33. The molecule has 0 spiro atoms. The normalized spacial score (nSPS) is 30.5. The van der Waals surface area contributed by atoms with Crippen LogP contribution >= 0.6 is 0 Å². The molecule has 1 saturated heterocycles. The van der Waals surface area contributed by atoms with E-state index in [0.29, 0.717) is 41.1 Å². The molecule has 6 rings (SSSR count). The van der Waals surface area contributed by atoms with Crippen molar-refractivity contribution in [3.8, 4) is 11.3 Å². The van der Waals surface area contributed by atoms with Crippen LogP contribution in [0.15, 0.2) is 18.5 Å². The Labute approximate surface area is 185 Å². The molecule has 3 saturated carbocycles. The fourth-order valence-electron chi connectivity index (χ4n) is 5.83. The van der Waals surface area contributed by atoms with Crippen molar-refractivity contribution >= 4 is 5.82 Å². The number of halogens is 3. The summed E-state index contributed by atoms with van der Waals surface area (Å²) in [6.07, 6.45) is 4.52. The molecule has 0 radical (unpaired) electrons. The van der Waals surface area contributed by atoms with E-state index in [4.69, 9.17) is 15.5 Å². The van der Waals surface area contributed by atoms with E-state index in [1.165, 1.54) is 31.9 Å². The van der Waals surface area contributed by atoms with Gasteiger partial charge in [-0.05, 0) is 49.5 Å². The Morgan fingerprint density at radius 3 is 2.50 bits per heavy atom. The SMILES string of the molecule is Nc1ncc(-c2cn(C3C4CC(N5CCOCC5)CC43)c(CC3CC3)n2)cc1C(F)(F)F. The van der Waals surface area contributed by atoms with Crippen molar-refractivity contribution in [3.05, 3.63) is 29.8 Å². The maximum Gasteiger partial charge on any atom is 0.419 e. The highest BCUT2D eigenvalue weighted by Gasteiger charge is 2.58. The first-order valence-electron chi connectivity index (χ1n) is 11.6. The minimum absolute atomic E-state index is 0.374. The van der Waals surface area contributed by atoms with Crippen molar-refractivity contribution in [2.24, 2.45) is 17.8 Å². The van der Waals surface area contributed by atoms with Gasteiger partial charge >= 0.3 is 6.18 Å². The van der Waals surface area contributed by atoms with Crippen LogP contribution in [0.5, 0.6) is 0 Å². The third kappa shape index (κ3) is 3.69. The molecule has 3 heterocycles. The van der Waals surface area contributed by atoms with Gasteiger partial charge in [-0.25, -0.2) is 9.97 Å². The number of aromatic nitrogens is 3. The first-order valence-corrected chi connectivity index (χ1v) is 11.6. The highest BCUT2D eigenvalue weighted by atomic mass is 19.4. The number of imidazole rings is 1. The van der Waals surface area contributed by atoms with Gasteiger partial charge < -0.3 is 15.0 Å². The first-order chi connectivity index (χ1) is 15.4. The van der Waals surface area contributed by atoms with E-state index in [-0.39, 0.29) is 0 Å². The molecule has 2 aromatic heterocycles. The Morgan fingerprint density at radius 2 is 1.84 bits per heavy atom. The summed E-state index contributed by atoms with van der Waals surface area (Å²) < 4.78 is 47.8. The van der Waals surface area contributed by atoms with Gasteiger partial charge in [-0.2, -0.15) is 13.2 Å². The summed E-state index contributed by atoms with van der Waals surface area (Å²) in [6, 6.07) is 2.14. The molecule has 0 bridgehead atoms. The van der Waals surface area contributed by atoms with E-state index in [1.54, 1.807) is 0 Å². The molecule has 4 fully saturated rings. The van der Waals surface area contributed by atoms with Crippen LogP contribution < -0.4 is 5.73 Å². The molecule has 4 aliphatic rings. The maximum absolute atomic E-state index is 13.3. The molecule has 1 aliphatic heterocycles. The molecule has 32 heavy (non-hydrogen) atoms. The average molecular weight is 448 g/mol. The van der Waals surface area contributed by atoms with Gasteiger partial charge in [-0.1, -0.05) is 0 Å². The largest absolute Gasteiger partial charge is 0.419 e. The van der Waals surface area contributed by atoms with Crippen molar-refractivity contribution in [2.75, 3.05) is 32.0 Å². The lowest BCUT2D eigenvalue weighted by atomic mass is 10.1. The van der Waals surface area contributed by atoms with Gasteiger partial charge in [0, 0.05) is 49.6 Å². The van der Waals surface area contributed by atoms with Crippen molar-refractivity contribution in [1.82, 2.24) is 19.4 Å². The quantitative estimate of drug-likeness (QED) is 0.756. The summed E-state index contributed by atoms with van der Waals surface area (Å²) in [5, 5.41) is 0. The monoisotopic (exact) mass is 447 g/mol. The Hall–Kier alpha value is -2.13. The molecule has 6 nitrogen and oxygen atoms in total. The highest BCUT2D eigenvalue weighted by molar-refractivity contribution is 5.62. The Kier molecular flexibility index (Phi) is 4.77. The van der Waals surface area contributed by atoms with Gasteiger partial charge in [-0.3, -0.25) is 4.90 Å². The molecule has 2 unspecified atom stereocenters. The van der Waals surface area contributed by atoms with Crippen LogP contribution in [0.3, 0.4) is 0 Å². The Morgan fingerprint density at radius 1 is 1.12 bits per heavy atom. The average Bonchev–Trinajstić information content (AvgIpc) is 3.61. The second-order valence-electron chi connectivity index (χ2n) is 9.84. The number of fused-ring (bicyclic) bond motifs is 1. The van der Waals surface area contributed by atoms with Crippen molar-refractivity contribution in [1.29, 1.82) is 0 Å². The zero-order chi connectivity index (χ0) is 22.0. The molecule has 172 valence electrons. The number of nitrogens with zero attached hydrogens (tertiary/aromatic N) is 4. The number of nitrogen functional groups attached to an aromatic ring is 1. The van der Waals surface area contributed by atoms with Gasteiger partial charge in [-0.15, -0.1) is 0 Å². The summed E-state index contributed by atoms with van der Waals surface area (Å²) in [4.78, 5) is 11.2. The molecule has 9 heteroatoms. The summed E-state index contributed by atoms with van der Waals surface area (Å²) in [6.45, 7) is 3.67. The number of hydrogen-bond donors (Lipinski definition) is 1. The summed E-state index contributed by atoms with van der Waals surface area (Å²) in [5.41, 5.74) is 5.53. The van der Waals surface area contributed by atoms with Crippen LogP contribution in [-0.4, -0.2) is 51.8 Å². The Bertz CT molecular complexity index is 1000. The third-order valence-electron chi connectivity index (χ3n) is 7.75. The zero-order valence-electron chi connectivity index (χ0n) is 17.9. The predicted molar refractivity (Wildman–Crippen MR) is 113 cm³/mol. The van der Waals surface area contributed by atoms with E-state index in [9.17, 15) is 13.2 Å². The van der Waals surface area contributed by atoms with Gasteiger partial charge in [0.25, 0.3) is 0 Å². The van der Waals surface area contributed by atoms with E-state index < -0.39 is 17.6 Å². The predicted octanol–water partition coefficient (Wildman–Crippen LogP) is 3.78. The molecule has 0 aromatic carbocycles. The molecule has 2 N–H and O–H groups in total. The van der Waals surface area contributed by atoms with Gasteiger partial charge in [0.15, 0.2) is 0 Å². The van der Waals surface area contributed by atoms with Crippen LogP contribution in [0.25, 0.3) is 11.3 Å². The van der Waals surface area contributed by atoms with Crippen molar-refractivity contribution < 1.29 is 17.9 Å². The van der Waals surface area contributed by atoms with Crippen LogP contribution in [-0.2, 0) is 17.3 Å². The zero-order valence-corrected chi connectivity index (χ0v) is 17.9. The number of ether oxygens (including phenoxy) is 1. The van der Waals surface area contributed by atoms with Crippen LogP contribution in [0.1, 0.15) is 43.1 Å². The second kappa shape index (κ2) is 7.45. The van der Waals surface area contributed by atoms with Crippen molar-refractivity contribution in [3.63, 3.8) is 0 Å². The number of morpholine rings is 1. The molecule has 2 aromatic rings. The first kappa shape index (κ1) is 20.5. The second-order valence-corrected chi connectivity index (χ2v) is 9.84. The Balaban J connectivity index is 1.25. The highest BCUT2D eigenvalue weighted by Crippen LogP contribution is 2.62. The molecule has 2 atom stereocenters. The van der Waals surface area contributed by atoms with Crippen LogP contribution in [0.2, 0.25) is 0 Å². The minimum atomic E-state index is -4.53. The van der Waals surface area contributed by atoms with Gasteiger partial charge in [0.05, 0.1) is 24.5 Å². The summed E-state index contributed by atoms with van der Waals surface area (Å²) in [5.74, 6) is 2.44. The molecule has 3 aliphatic carbocycles. The number of nitrogens with two attached hydrogens (primary N) is 1. The van der Waals surface area contributed by atoms with E-state index in [0.717, 1.165) is 44.6 Å². The number of rotatable bonds is 5. The van der Waals surface area contributed by atoms with Crippen LogP contribution in [0, 0.1) is 17.8 Å². The van der Waals surface area contributed by atoms with E-state index in [1.807, 2.05) is 6.20 Å². The molecular formula is C23H28F3N5O. The summed E-state index contributed by atoms with van der Waals surface area (Å²) in [7, 11) is 0. The fraction of sp³-hybridized carbons (Fsp3) is 0.652. The minimum Gasteiger partial charge on any atom is -0.383 e. The van der Waals surface area contributed by atoms with Crippen LogP contribution in [0.4, 0.5) is 19.0 Å². The molecular weight excluding hydrogens is 419 g/mol. The van der Waals surface area contributed by atoms with E-state index in [2.05, 4.69) is 14.5 Å². The smallest absolute Gasteiger partial charge is 0.383 e. The van der Waals surface area contributed by atoms with Gasteiger partial charge in [0.2, 0.25) is 0 Å². The number of hydrogen-bond acceptors (Lipinski definition) is 5. The number of alkyl halides is 3. The maximum atomic E-state index is 13.3. The fourth-order valence-corrected chi connectivity index (χ4v) is 5.83. The third-order valence-corrected chi connectivity index (χ3v) is 7.75. The topological polar surface area (TPSA) is 69.2 Å². The molecule has 0 amide bonds. The van der Waals surface area contributed by atoms with Gasteiger partial charge in [0.1, 0.15) is 11.6 Å². The van der Waals surface area contributed by atoms with Crippen molar-refractivity contribution in [2.45, 2.75) is 50.4 Å².